The largest absolute Gasteiger partial charge is 0.497 e. The fraction of sp³-hybridized carbons (Fsp3) is 0.571. The van der Waals surface area contributed by atoms with Gasteiger partial charge in [-0.05, 0) is 49.0 Å². The van der Waals surface area contributed by atoms with E-state index in [4.69, 9.17) is 4.74 Å². The lowest BCUT2D eigenvalue weighted by molar-refractivity contribution is 0.409. The van der Waals surface area contributed by atoms with Gasteiger partial charge in [-0.3, -0.25) is 0 Å². The molecule has 94 valence electrons. The van der Waals surface area contributed by atoms with Gasteiger partial charge in [0.1, 0.15) is 5.75 Å². The zero-order chi connectivity index (χ0) is 12.1. The minimum Gasteiger partial charge on any atom is -0.497 e. The van der Waals surface area contributed by atoms with Crippen molar-refractivity contribution in [1.82, 2.24) is 5.32 Å². The molecule has 0 aromatic heterocycles. The molecule has 1 aromatic rings. The van der Waals surface area contributed by atoms with Gasteiger partial charge >= 0.3 is 0 Å². The van der Waals surface area contributed by atoms with Crippen LogP contribution in [0.5, 0.6) is 5.75 Å². The third-order valence-electron chi connectivity index (χ3n) is 3.30. The molecule has 1 aliphatic heterocycles. The van der Waals surface area contributed by atoms with Gasteiger partial charge in [0.05, 0.1) is 7.11 Å². The zero-order valence-electron chi connectivity index (χ0n) is 10.6. The molecule has 1 saturated heterocycles. The normalized spacial score (nSPS) is 18.9. The molecular formula is C14H21NOS. The Morgan fingerprint density at radius 3 is 2.82 bits per heavy atom. The molecule has 0 spiro atoms. The highest BCUT2D eigenvalue weighted by Gasteiger charge is 2.16. The summed E-state index contributed by atoms with van der Waals surface area (Å²) in [6.45, 7) is 2.23. The monoisotopic (exact) mass is 251 g/mol. The molecule has 1 fully saturated rings. The summed E-state index contributed by atoms with van der Waals surface area (Å²) in [7, 11) is 1.72. The maximum Gasteiger partial charge on any atom is 0.119 e. The van der Waals surface area contributed by atoms with Crippen molar-refractivity contribution >= 4 is 11.8 Å². The molecule has 3 heteroatoms. The van der Waals surface area contributed by atoms with Crippen LogP contribution >= 0.6 is 11.8 Å². The Balaban J connectivity index is 1.95. The Morgan fingerprint density at radius 2 is 2.12 bits per heavy atom. The first-order chi connectivity index (χ1) is 8.29. The lowest BCUT2D eigenvalue weighted by Crippen LogP contribution is -2.34. The number of rotatable bonds is 4. The van der Waals surface area contributed by atoms with E-state index in [1.54, 1.807) is 7.11 Å². The summed E-state index contributed by atoms with van der Waals surface area (Å²) >= 11 is 2.07. The van der Waals surface area contributed by atoms with E-state index in [1.165, 1.54) is 29.9 Å². The highest BCUT2D eigenvalue weighted by molar-refractivity contribution is 7.99. The van der Waals surface area contributed by atoms with Gasteiger partial charge in [-0.15, -0.1) is 0 Å². The molecule has 1 aliphatic rings. The standard InChI is InChI=1S/C14H21NOS/c1-11(15-13-6-8-17-9-7-13)12-4-3-5-14(10-12)16-2/h3-5,10-11,13,15H,6-9H2,1-2H3/t11-/m0/s1. The van der Waals surface area contributed by atoms with Crippen LogP contribution in [0.4, 0.5) is 0 Å². The molecule has 1 N–H and O–H groups in total. The Morgan fingerprint density at radius 1 is 1.35 bits per heavy atom. The maximum absolute atomic E-state index is 5.26. The van der Waals surface area contributed by atoms with Crippen molar-refractivity contribution in [2.24, 2.45) is 0 Å². The average Bonchev–Trinajstić information content (AvgIpc) is 2.40. The second-order valence-corrected chi connectivity index (χ2v) is 5.78. The van der Waals surface area contributed by atoms with E-state index >= 15 is 0 Å². The Kier molecular flexibility index (Phi) is 4.75. The predicted molar refractivity (Wildman–Crippen MR) is 74.9 cm³/mol. The van der Waals surface area contributed by atoms with Crippen molar-refractivity contribution in [2.75, 3.05) is 18.6 Å². The summed E-state index contributed by atoms with van der Waals surface area (Å²) in [5.74, 6) is 3.53. The van der Waals surface area contributed by atoms with E-state index in [2.05, 4.69) is 42.2 Å². The molecule has 0 unspecified atom stereocenters. The summed E-state index contributed by atoms with van der Waals surface area (Å²) in [6.07, 6.45) is 2.58. The highest BCUT2D eigenvalue weighted by atomic mass is 32.2. The van der Waals surface area contributed by atoms with Crippen LogP contribution in [0.3, 0.4) is 0 Å². The maximum atomic E-state index is 5.26. The van der Waals surface area contributed by atoms with Crippen LogP contribution in [-0.2, 0) is 0 Å². The van der Waals surface area contributed by atoms with Crippen LogP contribution in [0.2, 0.25) is 0 Å². The van der Waals surface area contributed by atoms with Crippen LogP contribution in [0, 0.1) is 0 Å². The van der Waals surface area contributed by atoms with Crippen molar-refractivity contribution in [2.45, 2.75) is 31.8 Å². The van der Waals surface area contributed by atoms with Crippen molar-refractivity contribution in [3.05, 3.63) is 29.8 Å². The molecular weight excluding hydrogens is 230 g/mol. The summed E-state index contributed by atoms with van der Waals surface area (Å²) in [5, 5.41) is 3.72. The predicted octanol–water partition coefficient (Wildman–Crippen LogP) is 3.24. The van der Waals surface area contributed by atoms with Crippen molar-refractivity contribution in [1.29, 1.82) is 0 Å². The topological polar surface area (TPSA) is 21.3 Å². The van der Waals surface area contributed by atoms with Crippen LogP contribution in [0.1, 0.15) is 31.4 Å². The number of methoxy groups -OCH3 is 1. The first kappa shape index (κ1) is 12.8. The van der Waals surface area contributed by atoms with Gasteiger partial charge in [0, 0.05) is 12.1 Å². The smallest absolute Gasteiger partial charge is 0.119 e. The molecule has 2 rings (SSSR count). The third-order valence-corrected chi connectivity index (χ3v) is 4.35. The molecule has 0 aliphatic carbocycles. The average molecular weight is 251 g/mol. The molecule has 0 bridgehead atoms. The number of benzene rings is 1. The van der Waals surface area contributed by atoms with Gasteiger partial charge in [-0.1, -0.05) is 12.1 Å². The molecule has 2 nitrogen and oxygen atoms in total. The van der Waals surface area contributed by atoms with Crippen molar-refractivity contribution in [3.8, 4) is 5.75 Å². The highest BCUT2D eigenvalue weighted by Crippen LogP contribution is 2.22. The lowest BCUT2D eigenvalue weighted by atomic mass is 10.1. The summed E-state index contributed by atoms with van der Waals surface area (Å²) in [4.78, 5) is 0. The van der Waals surface area contributed by atoms with Crippen LogP contribution in [-0.4, -0.2) is 24.7 Å². The van der Waals surface area contributed by atoms with E-state index in [9.17, 15) is 0 Å². The van der Waals surface area contributed by atoms with Gasteiger partial charge in [-0.2, -0.15) is 11.8 Å². The number of thioether (sulfide) groups is 1. The molecule has 0 saturated carbocycles. The van der Waals surface area contributed by atoms with Crippen LogP contribution < -0.4 is 10.1 Å². The first-order valence-corrected chi connectivity index (χ1v) is 7.43. The van der Waals surface area contributed by atoms with Gasteiger partial charge < -0.3 is 10.1 Å². The van der Waals surface area contributed by atoms with E-state index in [0.717, 1.165) is 5.75 Å². The van der Waals surface area contributed by atoms with Crippen molar-refractivity contribution < 1.29 is 4.74 Å². The van der Waals surface area contributed by atoms with Gasteiger partial charge in [0.2, 0.25) is 0 Å². The number of hydrogen-bond donors (Lipinski definition) is 1. The first-order valence-electron chi connectivity index (χ1n) is 6.27. The van der Waals surface area contributed by atoms with Gasteiger partial charge in [-0.25, -0.2) is 0 Å². The SMILES string of the molecule is COc1cccc([C@H](C)NC2CCSCC2)c1. The minimum absolute atomic E-state index is 0.401. The van der Waals surface area contributed by atoms with Gasteiger partial charge in [0.25, 0.3) is 0 Å². The summed E-state index contributed by atoms with van der Waals surface area (Å²) in [6, 6.07) is 9.42. The fourth-order valence-corrected chi connectivity index (χ4v) is 3.33. The molecule has 1 atom stereocenters. The summed E-state index contributed by atoms with van der Waals surface area (Å²) in [5.41, 5.74) is 1.31. The third kappa shape index (κ3) is 3.65. The van der Waals surface area contributed by atoms with Crippen molar-refractivity contribution in [3.63, 3.8) is 0 Å². The number of ether oxygens (including phenoxy) is 1. The fourth-order valence-electron chi connectivity index (χ4n) is 2.22. The molecule has 0 radical (unpaired) electrons. The number of nitrogens with one attached hydrogen (secondary N) is 1. The second-order valence-electron chi connectivity index (χ2n) is 4.55. The summed E-state index contributed by atoms with van der Waals surface area (Å²) < 4.78 is 5.26. The van der Waals surface area contributed by atoms with E-state index in [0.29, 0.717) is 12.1 Å². The molecule has 1 heterocycles. The number of hydrogen-bond acceptors (Lipinski definition) is 3. The van der Waals surface area contributed by atoms with Crippen LogP contribution in [0.15, 0.2) is 24.3 Å². The molecule has 1 aromatic carbocycles. The second kappa shape index (κ2) is 6.31. The van der Waals surface area contributed by atoms with E-state index < -0.39 is 0 Å². The van der Waals surface area contributed by atoms with Gasteiger partial charge in [0.15, 0.2) is 0 Å². The quantitative estimate of drug-likeness (QED) is 0.887. The lowest BCUT2D eigenvalue weighted by Gasteiger charge is -2.26. The van der Waals surface area contributed by atoms with E-state index in [-0.39, 0.29) is 0 Å². The Hall–Kier alpha value is -0.670. The Labute approximate surface area is 108 Å². The molecule has 17 heavy (non-hydrogen) atoms. The van der Waals surface area contributed by atoms with Crippen LogP contribution in [0.25, 0.3) is 0 Å². The Bertz CT molecular complexity index is 350. The minimum atomic E-state index is 0.401. The van der Waals surface area contributed by atoms with E-state index in [1.807, 2.05) is 6.07 Å². The molecule has 0 amide bonds. The zero-order valence-corrected chi connectivity index (χ0v) is 11.4.